The Balaban J connectivity index is 2.16. The molecule has 0 bridgehead atoms. The Hall–Kier alpha value is -1.76. The fraction of sp³-hybridized carbons (Fsp3) is 0.385. The molecule has 0 aliphatic carbocycles. The van der Waals surface area contributed by atoms with Crippen LogP contribution >= 0.6 is 15.9 Å². The number of carbonyl (C=O) groups excluding carboxylic acids is 1. The van der Waals surface area contributed by atoms with Crippen LogP contribution in [0.1, 0.15) is 19.4 Å². The number of hydrogen-bond donors (Lipinski definition) is 1. The highest BCUT2D eigenvalue weighted by Gasteiger charge is 2.18. The van der Waals surface area contributed by atoms with Crippen molar-refractivity contribution >= 4 is 27.5 Å². The molecule has 2 rings (SSSR count). The summed E-state index contributed by atoms with van der Waals surface area (Å²) in [7, 11) is 0. The topological polar surface area (TPSA) is 72.7 Å². The van der Waals surface area contributed by atoms with Crippen LogP contribution < -0.4 is 5.32 Å². The van der Waals surface area contributed by atoms with Crippen molar-refractivity contribution in [3.05, 3.63) is 30.1 Å². The Labute approximate surface area is 125 Å². The Bertz CT molecular complexity index is 597. The molecule has 7 heteroatoms. The fourth-order valence-electron chi connectivity index (χ4n) is 1.78. The minimum Gasteiger partial charge on any atom is -0.325 e. The van der Waals surface area contributed by atoms with Crippen LogP contribution in [0.3, 0.4) is 0 Å². The number of nitrogens with one attached hydrogen (secondary N) is 1. The second kappa shape index (κ2) is 6.13. The normalized spacial score (nSPS) is 12.4. The van der Waals surface area contributed by atoms with Gasteiger partial charge < -0.3 is 5.32 Å². The first-order valence-corrected chi connectivity index (χ1v) is 7.19. The van der Waals surface area contributed by atoms with Gasteiger partial charge in [-0.2, -0.15) is 0 Å². The van der Waals surface area contributed by atoms with Crippen molar-refractivity contribution in [2.45, 2.75) is 25.6 Å². The molecular formula is C13H16BrN5O. The van der Waals surface area contributed by atoms with E-state index in [9.17, 15) is 4.79 Å². The van der Waals surface area contributed by atoms with Gasteiger partial charge in [-0.05, 0) is 47.0 Å². The minimum absolute atomic E-state index is 0.0467. The van der Waals surface area contributed by atoms with E-state index in [0.717, 1.165) is 16.9 Å². The molecule has 1 amide bonds. The number of alkyl halides is 1. The lowest BCUT2D eigenvalue weighted by molar-refractivity contribution is -0.116. The van der Waals surface area contributed by atoms with E-state index >= 15 is 0 Å². The second-order valence-corrected chi connectivity index (χ2v) is 5.88. The SMILES string of the molecule is Cc1cc(NC(=O)C(Br)C(C)C)ccc1-n1cnnn1. The number of aryl methyl sites for hydroxylation is 1. The molecule has 0 radical (unpaired) electrons. The van der Waals surface area contributed by atoms with E-state index in [-0.39, 0.29) is 16.7 Å². The van der Waals surface area contributed by atoms with Gasteiger partial charge in [-0.15, -0.1) is 5.10 Å². The van der Waals surface area contributed by atoms with Gasteiger partial charge in [0.05, 0.1) is 10.5 Å². The summed E-state index contributed by atoms with van der Waals surface area (Å²) >= 11 is 3.39. The van der Waals surface area contributed by atoms with Crippen molar-refractivity contribution in [1.29, 1.82) is 0 Å². The van der Waals surface area contributed by atoms with Gasteiger partial charge in [0.25, 0.3) is 0 Å². The van der Waals surface area contributed by atoms with Crippen LogP contribution in [-0.4, -0.2) is 30.9 Å². The first-order chi connectivity index (χ1) is 9.49. The molecular weight excluding hydrogens is 322 g/mol. The third kappa shape index (κ3) is 3.22. The highest BCUT2D eigenvalue weighted by atomic mass is 79.9. The zero-order valence-corrected chi connectivity index (χ0v) is 13.1. The van der Waals surface area contributed by atoms with Crippen LogP contribution in [0, 0.1) is 12.8 Å². The number of halogens is 1. The van der Waals surface area contributed by atoms with E-state index in [1.807, 2.05) is 39.0 Å². The standard InChI is InChI=1S/C13H16BrN5O/c1-8(2)12(14)13(20)16-10-4-5-11(9(3)6-10)19-7-15-17-18-19/h4-8,12H,1-3H3,(H,16,20). The van der Waals surface area contributed by atoms with Crippen molar-refractivity contribution < 1.29 is 4.79 Å². The van der Waals surface area contributed by atoms with Gasteiger partial charge in [-0.25, -0.2) is 4.68 Å². The van der Waals surface area contributed by atoms with Crippen molar-refractivity contribution in [3.8, 4) is 5.69 Å². The zero-order valence-electron chi connectivity index (χ0n) is 11.5. The first-order valence-electron chi connectivity index (χ1n) is 6.28. The highest BCUT2D eigenvalue weighted by molar-refractivity contribution is 9.10. The first kappa shape index (κ1) is 14.6. The number of benzene rings is 1. The number of aromatic nitrogens is 4. The molecule has 0 fully saturated rings. The van der Waals surface area contributed by atoms with Crippen molar-refractivity contribution in [3.63, 3.8) is 0 Å². The quantitative estimate of drug-likeness (QED) is 0.869. The number of rotatable bonds is 4. The molecule has 0 saturated carbocycles. The molecule has 1 aromatic carbocycles. The maximum atomic E-state index is 12.0. The number of anilines is 1. The molecule has 1 heterocycles. The number of hydrogen-bond acceptors (Lipinski definition) is 4. The van der Waals surface area contributed by atoms with Gasteiger partial charge in [-0.1, -0.05) is 29.8 Å². The largest absolute Gasteiger partial charge is 0.325 e. The van der Waals surface area contributed by atoms with E-state index in [0.29, 0.717) is 0 Å². The summed E-state index contributed by atoms with van der Waals surface area (Å²) in [5.74, 6) is 0.186. The molecule has 0 spiro atoms. The van der Waals surface area contributed by atoms with Crippen LogP contribution in [0.2, 0.25) is 0 Å². The van der Waals surface area contributed by atoms with Crippen molar-refractivity contribution in [2.75, 3.05) is 5.32 Å². The summed E-state index contributed by atoms with van der Waals surface area (Å²) in [6.45, 7) is 5.93. The molecule has 106 valence electrons. The lowest BCUT2D eigenvalue weighted by atomic mass is 10.1. The fourth-order valence-corrected chi connectivity index (χ4v) is 1.89. The third-order valence-corrected chi connectivity index (χ3v) is 4.37. The monoisotopic (exact) mass is 337 g/mol. The smallest absolute Gasteiger partial charge is 0.238 e. The average Bonchev–Trinajstić information content (AvgIpc) is 2.91. The Morgan fingerprint density at radius 1 is 1.40 bits per heavy atom. The zero-order chi connectivity index (χ0) is 14.7. The molecule has 1 unspecified atom stereocenters. The van der Waals surface area contributed by atoms with E-state index in [2.05, 4.69) is 36.8 Å². The van der Waals surface area contributed by atoms with Gasteiger partial charge in [-0.3, -0.25) is 4.79 Å². The Morgan fingerprint density at radius 3 is 2.70 bits per heavy atom. The van der Waals surface area contributed by atoms with Crippen LogP contribution in [-0.2, 0) is 4.79 Å². The highest BCUT2D eigenvalue weighted by Crippen LogP contribution is 2.20. The molecule has 1 aromatic heterocycles. The van der Waals surface area contributed by atoms with Gasteiger partial charge in [0.2, 0.25) is 5.91 Å². The molecule has 6 nitrogen and oxygen atoms in total. The maximum absolute atomic E-state index is 12.0. The molecule has 0 aliphatic heterocycles. The molecule has 0 saturated heterocycles. The number of amides is 1. The van der Waals surface area contributed by atoms with Gasteiger partial charge >= 0.3 is 0 Å². The summed E-state index contributed by atoms with van der Waals surface area (Å²) < 4.78 is 1.59. The van der Waals surface area contributed by atoms with E-state index in [1.54, 1.807) is 4.68 Å². The van der Waals surface area contributed by atoms with Crippen molar-refractivity contribution in [2.24, 2.45) is 5.92 Å². The molecule has 1 atom stereocenters. The van der Waals surface area contributed by atoms with E-state index < -0.39 is 0 Å². The second-order valence-electron chi connectivity index (χ2n) is 4.89. The van der Waals surface area contributed by atoms with Gasteiger partial charge in [0, 0.05) is 5.69 Å². The summed E-state index contributed by atoms with van der Waals surface area (Å²) in [6, 6.07) is 5.61. The number of carbonyl (C=O) groups is 1. The van der Waals surface area contributed by atoms with Crippen LogP contribution in [0.25, 0.3) is 5.69 Å². The molecule has 2 aromatic rings. The summed E-state index contributed by atoms with van der Waals surface area (Å²) in [5.41, 5.74) is 2.62. The predicted molar refractivity (Wildman–Crippen MR) is 80.1 cm³/mol. The van der Waals surface area contributed by atoms with Crippen LogP contribution in [0.4, 0.5) is 5.69 Å². The minimum atomic E-state index is -0.206. The van der Waals surface area contributed by atoms with Gasteiger partial charge in [0.15, 0.2) is 0 Å². The Kier molecular flexibility index (Phi) is 4.49. The lowest BCUT2D eigenvalue weighted by Gasteiger charge is -2.14. The number of tetrazole rings is 1. The summed E-state index contributed by atoms with van der Waals surface area (Å²) in [4.78, 5) is 11.8. The lowest BCUT2D eigenvalue weighted by Crippen LogP contribution is -2.27. The predicted octanol–water partition coefficient (Wildman–Crippen LogP) is 2.33. The van der Waals surface area contributed by atoms with E-state index in [4.69, 9.17) is 0 Å². The maximum Gasteiger partial charge on any atom is 0.238 e. The third-order valence-electron chi connectivity index (χ3n) is 2.90. The van der Waals surface area contributed by atoms with Crippen LogP contribution in [0.15, 0.2) is 24.5 Å². The van der Waals surface area contributed by atoms with E-state index in [1.165, 1.54) is 6.33 Å². The average molecular weight is 338 g/mol. The summed E-state index contributed by atoms with van der Waals surface area (Å²) in [6.07, 6.45) is 1.54. The molecule has 1 N–H and O–H groups in total. The van der Waals surface area contributed by atoms with Gasteiger partial charge in [0.1, 0.15) is 6.33 Å². The Morgan fingerprint density at radius 2 is 2.15 bits per heavy atom. The molecule has 0 aliphatic rings. The molecule has 20 heavy (non-hydrogen) atoms. The van der Waals surface area contributed by atoms with Crippen molar-refractivity contribution in [1.82, 2.24) is 20.2 Å². The number of nitrogens with zero attached hydrogens (tertiary/aromatic N) is 4. The summed E-state index contributed by atoms with van der Waals surface area (Å²) in [5, 5.41) is 14.0. The van der Waals surface area contributed by atoms with Crippen LogP contribution in [0.5, 0.6) is 0 Å².